The second-order valence-electron chi connectivity index (χ2n) is 2.39. The first kappa shape index (κ1) is 10.0. The average molecular weight is 156 g/mol. The van der Waals surface area contributed by atoms with Crippen molar-refractivity contribution in [2.75, 3.05) is 14.2 Å². The zero-order chi connectivity index (χ0) is 8.85. The summed E-state index contributed by atoms with van der Waals surface area (Å²) < 4.78 is 4.83. The molecule has 0 fully saturated rings. The van der Waals surface area contributed by atoms with Gasteiger partial charge in [0.15, 0.2) is 0 Å². The molecule has 1 atom stereocenters. The van der Waals surface area contributed by atoms with Gasteiger partial charge in [0.1, 0.15) is 5.76 Å². The first-order valence-electron chi connectivity index (χ1n) is 3.46. The molecule has 0 aromatic heterocycles. The predicted octanol–water partition coefficient (Wildman–Crippen LogP) is 0.897. The van der Waals surface area contributed by atoms with Crippen LogP contribution in [0.3, 0.4) is 0 Å². The Morgan fingerprint density at radius 3 is 2.64 bits per heavy atom. The van der Waals surface area contributed by atoms with E-state index >= 15 is 0 Å². The lowest BCUT2D eigenvalue weighted by Crippen LogP contribution is -2.32. The summed E-state index contributed by atoms with van der Waals surface area (Å²) in [5.74, 6) is 0.623. The van der Waals surface area contributed by atoms with E-state index in [1.54, 1.807) is 13.2 Å². The molecule has 0 saturated carbocycles. The highest BCUT2D eigenvalue weighted by atomic mass is 16.5. The number of hydrogen-bond donors (Lipinski definition) is 1. The largest absolute Gasteiger partial charge is 0.497 e. The Bertz CT molecular complexity index is 152. The van der Waals surface area contributed by atoms with E-state index in [1.165, 1.54) is 0 Å². The maximum atomic E-state index is 5.57. The van der Waals surface area contributed by atoms with E-state index in [0.29, 0.717) is 5.76 Å². The van der Waals surface area contributed by atoms with Gasteiger partial charge in [-0.1, -0.05) is 6.58 Å². The van der Waals surface area contributed by atoms with Crippen LogP contribution in [-0.4, -0.2) is 25.2 Å². The van der Waals surface area contributed by atoms with E-state index in [4.69, 9.17) is 10.5 Å². The van der Waals surface area contributed by atoms with Crippen LogP contribution in [0.15, 0.2) is 24.6 Å². The van der Waals surface area contributed by atoms with Crippen LogP contribution in [0, 0.1) is 0 Å². The molecule has 0 aliphatic heterocycles. The lowest BCUT2D eigenvalue weighted by Gasteiger charge is -2.18. The molecule has 3 nitrogen and oxygen atoms in total. The summed E-state index contributed by atoms with van der Waals surface area (Å²) in [6, 6.07) is 0. The second-order valence-corrected chi connectivity index (χ2v) is 2.39. The molecular formula is C8H16N2O. The van der Waals surface area contributed by atoms with E-state index in [1.807, 2.05) is 25.1 Å². The number of ether oxygens (including phenoxy) is 1. The summed E-state index contributed by atoms with van der Waals surface area (Å²) in [5, 5.41) is 0. The molecule has 0 radical (unpaired) electrons. The fourth-order valence-corrected chi connectivity index (χ4v) is 0.405. The van der Waals surface area contributed by atoms with Crippen molar-refractivity contribution in [2.24, 2.45) is 5.73 Å². The van der Waals surface area contributed by atoms with Gasteiger partial charge in [-0.2, -0.15) is 0 Å². The number of rotatable bonds is 4. The van der Waals surface area contributed by atoms with Gasteiger partial charge in [-0.05, 0) is 13.0 Å². The van der Waals surface area contributed by atoms with E-state index in [9.17, 15) is 0 Å². The SMILES string of the molecule is C=C(/C=C\N(C)C(C)N)OC. The highest BCUT2D eigenvalue weighted by molar-refractivity contribution is 5.06. The van der Waals surface area contributed by atoms with Crippen molar-refractivity contribution in [3.8, 4) is 0 Å². The molecule has 0 aromatic carbocycles. The van der Waals surface area contributed by atoms with Gasteiger partial charge < -0.3 is 15.4 Å². The molecule has 0 rings (SSSR count). The van der Waals surface area contributed by atoms with Gasteiger partial charge in [-0.25, -0.2) is 0 Å². The van der Waals surface area contributed by atoms with E-state index in [0.717, 1.165) is 0 Å². The van der Waals surface area contributed by atoms with Gasteiger partial charge in [0, 0.05) is 13.2 Å². The van der Waals surface area contributed by atoms with Crippen molar-refractivity contribution < 1.29 is 4.74 Å². The zero-order valence-electron chi connectivity index (χ0n) is 7.37. The summed E-state index contributed by atoms with van der Waals surface area (Å²) in [6.07, 6.45) is 3.61. The van der Waals surface area contributed by atoms with Crippen LogP contribution in [0.2, 0.25) is 0 Å². The molecule has 3 heteroatoms. The fourth-order valence-electron chi connectivity index (χ4n) is 0.405. The highest BCUT2D eigenvalue weighted by Gasteiger charge is 1.95. The van der Waals surface area contributed by atoms with Crippen molar-refractivity contribution in [3.05, 3.63) is 24.6 Å². The first-order chi connectivity index (χ1) is 5.07. The standard InChI is InChI=1S/C8H16N2O/c1-7(11-4)5-6-10(3)8(2)9/h5-6,8H,1,9H2,2-4H3/b6-5-. The number of hydrogen-bond acceptors (Lipinski definition) is 3. The summed E-state index contributed by atoms with van der Waals surface area (Å²) >= 11 is 0. The molecular weight excluding hydrogens is 140 g/mol. The number of allylic oxidation sites excluding steroid dienone is 1. The minimum Gasteiger partial charge on any atom is -0.497 e. The summed E-state index contributed by atoms with van der Waals surface area (Å²) in [7, 11) is 3.47. The molecule has 0 aromatic rings. The summed E-state index contributed by atoms with van der Waals surface area (Å²) in [4.78, 5) is 1.87. The van der Waals surface area contributed by atoms with Crippen molar-refractivity contribution in [1.82, 2.24) is 4.90 Å². The van der Waals surface area contributed by atoms with Crippen LogP contribution >= 0.6 is 0 Å². The second kappa shape index (κ2) is 4.79. The molecule has 2 N–H and O–H groups in total. The molecule has 0 heterocycles. The van der Waals surface area contributed by atoms with Gasteiger partial charge in [0.25, 0.3) is 0 Å². The summed E-state index contributed by atoms with van der Waals surface area (Å²) in [5.41, 5.74) is 5.57. The molecule has 11 heavy (non-hydrogen) atoms. The molecule has 0 amide bonds. The molecule has 1 unspecified atom stereocenters. The van der Waals surface area contributed by atoms with Gasteiger partial charge in [0.2, 0.25) is 0 Å². The maximum Gasteiger partial charge on any atom is 0.113 e. The smallest absolute Gasteiger partial charge is 0.113 e. The Kier molecular flexibility index (Phi) is 4.38. The Hall–Kier alpha value is -0.960. The minimum absolute atomic E-state index is 0.0101. The predicted molar refractivity (Wildman–Crippen MR) is 46.7 cm³/mol. The third kappa shape index (κ3) is 4.44. The Morgan fingerprint density at radius 1 is 1.73 bits per heavy atom. The Labute approximate surface area is 68.1 Å². The molecule has 0 aliphatic carbocycles. The van der Waals surface area contributed by atoms with Crippen LogP contribution in [0.25, 0.3) is 0 Å². The topological polar surface area (TPSA) is 38.5 Å². The summed E-state index contributed by atoms with van der Waals surface area (Å²) in [6.45, 7) is 5.53. The fraction of sp³-hybridized carbons (Fsp3) is 0.500. The van der Waals surface area contributed by atoms with Gasteiger partial charge in [0.05, 0.1) is 13.3 Å². The van der Waals surface area contributed by atoms with Crippen molar-refractivity contribution in [2.45, 2.75) is 13.1 Å². The number of methoxy groups -OCH3 is 1. The van der Waals surface area contributed by atoms with Crippen molar-refractivity contribution >= 4 is 0 Å². The van der Waals surface area contributed by atoms with Crippen LogP contribution in [0.1, 0.15) is 6.92 Å². The lowest BCUT2D eigenvalue weighted by atomic mass is 10.4. The molecule has 0 aliphatic rings. The van der Waals surface area contributed by atoms with Crippen LogP contribution < -0.4 is 5.73 Å². The third-order valence-corrected chi connectivity index (χ3v) is 1.40. The van der Waals surface area contributed by atoms with E-state index < -0.39 is 0 Å². The van der Waals surface area contributed by atoms with Gasteiger partial charge in [-0.3, -0.25) is 0 Å². The van der Waals surface area contributed by atoms with E-state index in [-0.39, 0.29) is 6.17 Å². The maximum absolute atomic E-state index is 5.57. The average Bonchev–Trinajstić information content (AvgIpc) is 1.99. The highest BCUT2D eigenvalue weighted by Crippen LogP contribution is 1.95. The third-order valence-electron chi connectivity index (χ3n) is 1.40. The monoisotopic (exact) mass is 156 g/mol. The zero-order valence-corrected chi connectivity index (χ0v) is 7.37. The Balaban J connectivity index is 3.82. The minimum atomic E-state index is 0.0101. The number of nitrogens with two attached hydrogens (primary N) is 1. The lowest BCUT2D eigenvalue weighted by molar-refractivity contribution is 0.304. The van der Waals surface area contributed by atoms with E-state index in [2.05, 4.69) is 6.58 Å². The molecule has 0 spiro atoms. The first-order valence-corrected chi connectivity index (χ1v) is 3.46. The quantitative estimate of drug-likeness (QED) is 0.373. The van der Waals surface area contributed by atoms with Crippen LogP contribution in [0.5, 0.6) is 0 Å². The molecule has 64 valence electrons. The van der Waals surface area contributed by atoms with Crippen LogP contribution in [0.4, 0.5) is 0 Å². The molecule has 0 bridgehead atoms. The number of nitrogens with zero attached hydrogens (tertiary/aromatic N) is 1. The van der Waals surface area contributed by atoms with Crippen LogP contribution in [-0.2, 0) is 4.74 Å². The normalized spacial score (nSPS) is 13.1. The van der Waals surface area contributed by atoms with Gasteiger partial charge in [-0.15, -0.1) is 0 Å². The molecule has 0 saturated heterocycles. The van der Waals surface area contributed by atoms with Crippen molar-refractivity contribution in [1.29, 1.82) is 0 Å². The van der Waals surface area contributed by atoms with Gasteiger partial charge >= 0.3 is 0 Å². The Morgan fingerprint density at radius 2 is 2.27 bits per heavy atom. The van der Waals surface area contributed by atoms with Crippen molar-refractivity contribution in [3.63, 3.8) is 0 Å².